The molecule has 2 aromatic heterocycles. The van der Waals surface area contributed by atoms with Crippen molar-refractivity contribution in [1.29, 1.82) is 0 Å². The summed E-state index contributed by atoms with van der Waals surface area (Å²) in [5, 5.41) is 13.7. The molecule has 3 heterocycles. The van der Waals surface area contributed by atoms with Crippen molar-refractivity contribution in [3.8, 4) is 5.69 Å². The van der Waals surface area contributed by atoms with Gasteiger partial charge in [-0.15, -0.1) is 0 Å². The van der Waals surface area contributed by atoms with E-state index in [4.69, 9.17) is 0 Å². The Morgan fingerprint density at radius 3 is 2.76 bits per heavy atom. The second-order valence-electron chi connectivity index (χ2n) is 9.14. The Kier molecular flexibility index (Phi) is 6.46. The van der Waals surface area contributed by atoms with E-state index >= 15 is 0 Å². The van der Waals surface area contributed by atoms with Crippen LogP contribution in [0.2, 0.25) is 0 Å². The van der Waals surface area contributed by atoms with Crippen LogP contribution in [0, 0.1) is 13.8 Å². The summed E-state index contributed by atoms with van der Waals surface area (Å²) < 4.78 is 44.1. The molecule has 8 nitrogen and oxygen atoms in total. The molecule has 1 atom stereocenters. The summed E-state index contributed by atoms with van der Waals surface area (Å²) >= 11 is 0. The number of benzene rings is 2. The zero-order valence-electron chi connectivity index (χ0n) is 20.3. The number of nitrogens with zero attached hydrogens (tertiary/aromatic N) is 4. The largest absolute Gasteiger partial charge is 0.416 e. The molecule has 192 valence electrons. The minimum Gasteiger partial charge on any atom is -0.369 e. The van der Waals surface area contributed by atoms with Gasteiger partial charge in [-0.05, 0) is 55.3 Å². The zero-order valence-corrected chi connectivity index (χ0v) is 20.3. The third kappa shape index (κ3) is 5.51. The third-order valence-corrected chi connectivity index (χ3v) is 6.34. The number of aromatic nitrogens is 4. The molecule has 37 heavy (non-hydrogen) atoms. The first kappa shape index (κ1) is 24.6. The van der Waals surface area contributed by atoms with E-state index in [0.717, 1.165) is 42.2 Å². The fourth-order valence-corrected chi connectivity index (χ4v) is 4.29. The van der Waals surface area contributed by atoms with Crippen LogP contribution < -0.4 is 16.0 Å². The number of hydrogen-bond acceptors (Lipinski definition) is 5. The van der Waals surface area contributed by atoms with Crippen LogP contribution in [0.25, 0.3) is 5.69 Å². The molecule has 0 fully saturated rings. The average molecular weight is 510 g/mol. The van der Waals surface area contributed by atoms with Crippen LogP contribution >= 0.6 is 0 Å². The van der Waals surface area contributed by atoms with Crippen molar-refractivity contribution in [2.75, 3.05) is 17.2 Å². The Labute approximate surface area is 211 Å². The number of halogens is 3. The van der Waals surface area contributed by atoms with Crippen LogP contribution in [0.4, 0.5) is 24.7 Å². The number of alkyl halides is 3. The van der Waals surface area contributed by atoms with Crippen LogP contribution in [-0.2, 0) is 19.3 Å². The molecule has 11 heteroatoms. The summed E-state index contributed by atoms with van der Waals surface area (Å²) in [5.74, 6) is 0.489. The van der Waals surface area contributed by atoms with Gasteiger partial charge in [0.15, 0.2) is 0 Å². The van der Waals surface area contributed by atoms with Gasteiger partial charge in [-0.25, -0.2) is 9.67 Å². The smallest absolute Gasteiger partial charge is 0.369 e. The maximum absolute atomic E-state index is 13.6. The second-order valence-corrected chi connectivity index (χ2v) is 9.14. The third-order valence-electron chi connectivity index (χ3n) is 6.34. The van der Waals surface area contributed by atoms with Gasteiger partial charge in [0, 0.05) is 48.3 Å². The van der Waals surface area contributed by atoms with Gasteiger partial charge < -0.3 is 20.5 Å². The first-order valence-corrected chi connectivity index (χ1v) is 11.8. The van der Waals surface area contributed by atoms with Crippen LogP contribution in [-0.4, -0.2) is 37.8 Å². The molecule has 0 saturated heterocycles. The SMILES string of the molecule is Cc1cn(-c2cc(NC(=O)c3ccc(C)c(CNC4CNc5ccnn5C4)c3)cc(C(F)(F)F)c2)cn1. The summed E-state index contributed by atoms with van der Waals surface area (Å²) in [4.78, 5) is 17.1. The Morgan fingerprint density at radius 1 is 1.16 bits per heavy atom. The molecule has 5 rings (SSSR count). The van der Waals surface area contributed by atoms with Crippen molar-refractivity contribution in [2.45, 2.75) is 39.2 Å². The van der Waals surface area contributed by atoms with Gasteiger partial charge in [-0.1, -0.05) is 6.07 Å². The highest BCUT2D eigenvalue weighted by molar-refractivity contribution is 6.04. The zero-order chi connectivity index (χ0) is 26.2. The van der Waals surface area contributed by atoms with Gasteiger partial charge in [0.05, 0.1) is 30.3 Å². The van der Waals surface area contributed by atoms with Crippen LogP contribution in [0.3, 0.4) is 0 Å². The van der Waals surface area contributed by atoms with Crippen molar-refractivity contribution in [3.05, 3.63) is 89.1 Å². The summed E-state index contributed by atoms with van der Waals surface area (Å²) in [7, 11) is 0. The van der Waals surface area contributed by atoms with Crippen molar-refractivity contribution < 1.29 is 18.0 Å². The van der Waals surface area contributed by atoms with Crippen LogP contribution in [0.1, 0.15) is 32.7 Å². The average Bonchev–Trinajstić information content (AvgIpc) is 3.51. The topological polar surface area (TPSA) is 88.8 Å². The standard InChI is InChI=1S/C26H26F3N7O/c1-16-3-4-18(7-19(16)11-30-22-12-31-24-5-6-33-36(24)14-22)25(37)34-21-8-20(26(27,28)29)9-23(10-21)35-13-17(2)32-15-35/h3-10,13,15,22,30-31H,11-12,14H2,1-2H3,(H,34,37). The van der Waals surface area contributed by atoms with E-state index in [-0.39, 0.29) is 17.4 Å². The quantitative estimate of drug-likeness (QED) is 0.355. The highest BCUT2D eigenvalue weighted by atomic mass is 19.4. The van der Waals surface area contributed by atoms with Gasteiger partial charge in [0.25, 0.3) is 5.91 Å². The number of anilines is 2. The number of hydrogen-bond donors (Lipinski definition) is 3. The molecule has 0 radical (unpaired) electrons. The molecule has 0 spiro atoms. The predicted octanol–water partition coefficient (Wildman–Crippen LogP) is 4.54. The summed E-state index contributed by atoms with van der Waals surface area (Å²) in [6.07, 6.45) is 0.236. The van der Waals surface area contributed by atoms with Gasteiger partial charge in [0.1, 0.15) is 5.82 Å². The minimum atomic E-state index is -4.57. The normalized spacial score (nSPS) is 15.2. The number of imidazole rings is 1. The number of carbonyl (C=O) groups excluding carboxylic acids is 1. The molecule has 2 aromatic carbocycles. The van der Waals surface area contributed by atoms with Crippen molar-refractivity contribution in [3.63, 3.8) is 0 Å². The molecule has 1 aliphatic heterocycles. The number of carbonyl (C=O) groups is 1. The fraction of sp³-hybridized carbons (Fsp3) is 0.269. The molecule has 1 aliphatic rings. The lowest BCUT2D eigenvalue weighted by Gasteiger charge is -2.26. The lowest BCUT2D eigenvalue weighted by Crippen LogP contribution is -2.42. The molecule has 0 bridgehead atoms. The Hall–Kier alpha value is -4.12. The molecule has 4 aromatic rings. The molecule has 1 amide bonds. The lowest BCUT2D eigenvalue weighted by atomic mass is 10.0. The van der Waals surface area contributed by atoms with E-state index in [1.54, 1.807) is 31.5 Å². The van der Waals surface area contributed by atoms with Crippen LogP contribution in [0.15, 0.2) is 61.2 Å². The summed E-state index contributed by atoms with van der Waals surface area (Å²) in [5.41, 5.74) is 2.39. The number of aryl methyl sites for hydroxylation is 2. The van der Waals surface area contributed by atoms with Gasteiger partial charge in [-0.2, -0.15) is 18.3 Å². The minimum absolute atomic E-state index is 0.0461. The molecular weight excluding hydrogens is 483 g/mol. The second kappa shape index (κ2) is 9.74. The maximum Gasteiger partial charge on any atom is 0.416 e. The van der Waals surface area contributed by atoms with E-state index in [1.807, 2.05) is 23.7 Å². The molecule has 1 unspecified atom stereocenters. The Bertz CT molecular complexity index is 1440. The molecule has 0 aliphatic carbocycles. The molecule has 0 saturated carbocycles. The Balaban J connectivity index is 1.33. The molecule has 3 N–H and O–H groups in total. The maximum atomic E-state index is 13.6. The highest BCUT2D eigenvalue weighted by Gasteiger charge is 2.31. The van der Waals surface area contributed by atoms with Crippen molar-refractivity contribution in [1.82, 2.24) is 24.6 Å². The number of rotatable bonds is 6. The van der Waals surface area contributed by atoms with E-state index in [9.17, 15) is 18.0 Å². The number of amides is 1. The predicted molar refractivity (Wildman–Crippen MR) is 134 cm³/mol. The number of nitrogens with one attached hydrogen (secondary N) is 3. The van der Waals surface area contributed by atoms with Crippen molar-refractivity contribution >= 4 is 17.4 Å². The van der Waals surface area contributed by atoms with E-state index < -0.39 is 17.6 Å². The summed E-state index contributed by atoms with van der Waals surface area (Å²) in [6, 6.07) is 10.8. The van der Waals surface area contributed by atoms with Gasteiger partial charge in [0.2, 0.25) is 0 Å². The van der Waals surface area contributed by atoms with Crippen LogP contribution in [0.5, 0.6) is 0 Å². The van der Waals surface area contributed by atoms with Gasteiger partial charge >= 0.3 is 6.18 Å². The first-order chi connectivity index (χ1) is 17.7. The Morgan fingerprint density at radius 2 is 2.00 bits per heavy atom. The first-order valence-electron chi connectivity index (χ1n) is 11.8. The monoisotopic (exact) mass is 509 g/mol. The molecular formula is C26H26F3N7O. The lowest BCUT2D eigenvalue weighted by molar-refractivity contribution is -0.137. The van der Waals surface area contributed by atoms with Crippen molar-refractivity contribution in [2.24, 2.45) is 0 Å². The van der Waals surface area contributed by atoms with Gasteiger partial charge in [-0.3, -0.25) is 4.79 Å². The number of fused-ring (bicyclic) bond motifs is 1. The fourth-order valence-electron chi connectivity index (χ4n) is 4.29. The van der Waals surface area contributed by atoms with E-state index in [2.05, 4.69) is 26.0 Å². The van der Waals surface area contributed by atoms with E-state index in [1.165, 1.54) is 17.0 Å². The summed E-state index contributed by atoms with van der Waals surface area (Å²) in [6.45, 7) is 5.71. The van der Waals surface area contributed by atoms with E-state index in [0.29, 0.717) is 17.8 Å². The highest BCUT2D eigenvalue weighted by Crippen LogP contribution is 2.33.